The van der Waals surface area contributed by atoms with Gasteiger partial charge in [0, 0.05) is 26.7 Å². The normalized spacial score (nSPS) is 11.6. The van der Waals surface area contributed by atoms with Gasteiger partial charge in [-0.05, 0) is 66.4 Å². The third-order valence-corrected chi connectivity index (χ3v) is 7.66. The maximum Gasteiger partial charge on any atom is 0.263 e. The summed E-state index contributed by atoms with van der Waals surface area (Å²) in [5.41, 5.74) is 2.96. The quantitative estimate of drug-likeness (QED) is 0.284. The van der Waals surface area contributed by atoms with Crippen LogP contribution in [0.5, 0.6) is 0 Å². The number of fused-ring (bicyclic) bond motifs is 1. The predicted molar refractivity (Wildman–Crippen MR) is 133 cm³/mol. The van der Waals surface area contributed by atoms with E-state index in [-0.39, 0.29) is 15.6 Å². The van der Waals surface area contributed by atoms with Crippen LogP contribution in [0.4, 0.5) is 5.69 Å². The Bertz CT molecular complexity index is 1400. The molecule has 0 amide bonds. The van der Waals surface area contributed by atoms with Crippen molar-refractivity contribution in [3.8, 4) is 0 Å². The standard InChI is InChI=1S/C23H16Cl4N2O2S/c24-16-6-8-23(21(27)10-16)32(30,31)29-17-11-19(25)18(20(26)12-17)7-5-14-9-15-3-1-2-4-22(15)28-13-14/h1-4,6,8-13,29H,5,7H2. The van der Waals surface area contributed by atoms with Gasteiger partial charge in [0.1, 0.15) is 4.90 Å². The van der Waals surface area contributed by atoms with Gasteiger partial charge in [0.25, 0.3) is 10.0 Å². The molecule has 4 aromatic rings. The Balaban J connectivity index is 1.53. The third-order valence-electron chi connectivity index (χ3n) is 4.89. The Labute approximate surface area is 206 Å². The van der Waals surface area contributed by atoms with Crippen molar-refractivity contribution in [2.45, 2.75) is 17.7 Å². The number of nitrogens with one attached hydrogen (secondary N) is 1. The fourth-order valence-corrected chi connectivity index (χ4v) is 5.82. The molecule has 4 rings (SSSR count). The van der Waals surface area contributed by atoms with E-state index in [2.05, 4.69) is 15.8 Å². The highest BCUT2D eigenvalue weighted by molar-refractivity contribution is 7.92. The van der Waals surface area contributed by atoms with Crippen LogP contribution < -0.4 is 4.72 Å². The van der Waals surface area contributed by atoms with Gasteiger partial charge in [-0.25, -0.2) is 8.42 Å². The highest BCUT2D eigenvalue weighted by atomic mass is 35.5. The van der Waals surface area contributed by atoms with E-state index in [1.807, 2.05) is 30.5 Å². The second-order valence-corrected chi connectivity index (χ2v) is 10.4. The number of hydrogen-bond donors (Lipinski definition) is 1. The van der Waals surface area contributed by atoms with Crippen molar-refractivity contribution < 1.29 is 8.42 Å². The van der Waals surface area contributed by atoms with Crippen LogP contribution in [0, 0.1) is 0 Å². The monoisotopic (exact) mass is 524 g/mol. The Morgan fingerprint density at radius 1 is 0.812 bits per heavy atom. The lowest BCUT2D eigenvalue weighted by Crippen LogP contribution is -2.13. The van der Waals surface area contributed by atoms with Crippen LogP contribution >= 0.6 is 46.4 Å². The number of halogens is 4. The molecule has 0 spiro atoms. The van der Waals surface area contributed by atoms with Crippen molar-refractivity contribution in [2.24, 2.45) is 0 Å². The number of rotatable bonds is 6. The van der Waals surface area contributed by atoms with Gasteiger partial charge < -0.3 is 0 Å². The first-order valence-corrected chi connectivity index (χ1v) is 12.5. The number of aromatic nitrogens is 1. The summed E-state index contributed by atoms with van der Waals surface area (Å²) < 4.78 is 27.9. The minimum Gasteiger partial charge on any atom is -0.279 e. The summed E-state index contributed by atoms with van der Waals surface area (Å²) in [4.78, 5) is 4.38. The number of aryl methyl sites for hydroxylation is 1. The summed E-state index contributed by atoms with van der Waals surface area (Å²) in [7, 11) is -3.95. The molecule has 32 heavy (non-hydrogen) atoms. The van der Waals surface area contributed by atoms with Crippen molar-refractivity contribution >= 4 is 73.0 Å². The molecular weight excluding hydrogens is 510 g/mol. The highest BCUT2D eigenvalue weighted by Crippen LogP contribution is 2.33. The second kappa shape index (κ2) is 9.46. The summed E-state index contributed by atoms with van der Waals surface area (Å²) in [6, 6.07) is 17.2. The molecule has 0 aliphatic rings. The van der Waals surface area contributed by atoms with E-state index in [9.17, 15) is 8.42 Å². The molecule has 0 saturated carbocycles. The second-order valence-electron chi connectivity index (χ2n) is 7.13. The van der Waals surface area contributed by atoms with Crippen molar-refractivity contribution in [3.63, 3.8) is 0 Å². The Morgan fingerprint density at radius 2 is 1.53 bits per heavy atom. The zero-order valence-corrected chi connectivity index (χ0v) is 20.3. The van der Waals surface area contributed by atoms with Gasteiger partial charge in [-0.15, -0.1) is 0 Å². The molecule has 164 valence electrons. The van der Waals surface area contributed by atoms with E-state index in [0.717, 1.165) is 22.0 Å². The van der Waals surface area contributed by atoms with E-state index < -0.39 is 10.0 Å². The van der Waals surface area contributed by atoms with Gasteiger partial charge in [0.2, 0.25) is 0 Å². The average molecular weight is 526 g/mol. The van der Waals surface area contributed by atoms with E-state index in [1.165, 1.54) is 30.3 Å². The molecule has 0 fully saturated rings. The minimum atomic E-state index is -3.95. The van der Waals surface area contributed by atoms with Crippen LogP contribution in [-0.4, -0.2) is 13.4 Å². The van der Waals surface area contributed by atoms with Crippen LogP contribution in [0.25, 0.3) is 10.9 Å². The summed E-state index contributed by atoms with van der Waals surface area (Å²) in [5, 5.41) is 2.15. The largest absolute Gasteiger partial charge is 0.279 e. The SMILES string of the molecule is O=S(=O)(Nc1cc(Cl)c(CCc2cnc3ccccc3c2)c(Cl)c1)c1ccc(Cl)cc1Cl. The van der Waals surface area contributed by atoms with Crippen LogP contribution in [-0.2, 0) is 22.9 Å². The smallest absolute Gasteiger partial charge is 0.263 e. The molecule has 0 atom stereocenters. The molecule has 0 aliphatic heterocycles. The number of anilines is 1. The summed E-state index contributed by atoms with van der Waals surface area (Å²) in [5.74, 6) is 0. The molecule has 0 aliphatic carbocycles. The highest BCUT2D eigenvalue weighted by Gasteiger charge is 2.19. The number of nitrogens with zero attached hydrogens (tertiary/aromatic N) is 1. The molecule has 4 nitrogen and oxygen atoms in total. The van der Waals surface area contributed by atoms with Gasteiger partial charge in [0.05, 0.1) is 16.2 Å². The van der Waals surface area contributed by atoms with Crippen LogP contribution in [0.15, 0.2) is 71.8 Å². The average Bonchev–Trinajstić information content (AvgIpc) is 2.72. The number of para-hydroxylation sites is 1. The van der Waals surface area contributed by atoms with E-state index in [4.69, 9.17) is 46.4 Å². The Morgan fingerprint density at radius 3 is 2.25 bits per heavy atom. The fourth-order valence-electron chi connectivity index (χ4n) is 3.33. The third kappa shape index (κ3) is 5.13. The molecule has 9 heteroatoms. The van der Waals surface area contributed by atoms with Gasteiger partial charge in [-0.1, -0.05) is 64.6 Å². The fraction of sp³-hybridized carbons (Fsp3) is 0.0870. The maximum atomic E-state index is 12.7. The first-order valence-electron chi connectivity index (χ1n) is 9.52. The zero-order chi connectivity index (χ0) is 22.9. The van der Waals surface area contributed by atoms with Crippen molar-refractivity contribution in [2.75, 3.05) is 4.72 Å². The first-order chi connectivity index (χ1) is 15.2. The van der Waals surface area contributed by atoms with E-state index in [1.54, 1.807) is 0 Å². The lowest BCUT2D eigenvalue weighted by molar-refractivity contribution is 0.601. The maximum absolute atomic E-state index is 12.7. The molecule has 1 N–H and O–H groups in total. The molecule has 1 heterocycles. The van der Waals surface area contributed by atoms with Crippen LogP contribution in [0.1, 0.15) is 11.1 Å². The van der Waals surface area contributed by atoms with Crippen molar-refractivity contribution in [1.29, 1.82) is 0 Å². The van der Waals surface area contributed by atoms with Crippen LogP contribution in [0.3, 0.4) is 0 Å². The van der Waals surface area contributed by atoms with E-state index in [0.29, 0.717) is 27.9 Å². The molecule has 3 aromatic carbocycles. The number of benzene rings is 3. The number of sulfonamides is 1. The van der Waals surface area contributed by atoms with Gasteiger partial charge in [0.15, 0.2) is 0 Å². The van der Waals surface area contributed by atoms with Gasteiger partial charge in [-0.3, -0.25) is 9.71 Å². The Kier molecular flexibility index (Phi) is 6.84. The molecule has 0 unspecified atom stereocenters. The lowest BCUT2D eigenvalue weighted by atomic mass is 10.0. The summed E-state index contributed by atoms with van der Waals surface area (Å²) >= 11 is 24.8. The predicted octanol–water partition coefficient (Wildman–Crippen LogP) is 7.43. The van der Waals surface area contributed by atoms with Gasteiger partial charge in [-0.2, -0.15) is 0 Å². The zero-order valence-electron chi connectivity index (χ0n) is 16.4. The Hall–Kier alpha value is -2.02. The number of pyridine rings is 1. The minimum absolute atomic E-state index is 0.0165. The molecular formula is C23H16Cl4N2O2S. The topological polar surface area (TPSA) is 59.1 Å². The molecule has 1 aromatic heterocycles. The van der Waals surface area contributed by atoms with Crippen molar-refractivity contribution in [1.82, 2.24) is 4.98 Å². The van der Waals surface area contributed by atoms with Crippen molar-refractivity contribution in [3.05, 3.63) is 98.1 Å². The summed E-state index contributed by atoms with van der Waals surface area (Å²) in [6.45, 7) is 0. The van der Waals surface area contributed by atoms with Crippen LogP contribution in [0.2, 0.25) is 20.1 Å². The summed E-state index contributed by atoms with van der Waals surface area (Å²) in [6.07, 6.45) is 3.10. The molecule has 0 radical (unpaired) electrons. The van der Waals surface area contributed by atoms with E-state index >= 15 is 0 Å². The lowest BCUT2D eigenvalue weighted by Gasteiger charge is -2.13. The molecule has 0 saturated heterocycles. The molecule has 0 bridgehead atoms. The first kappa shape index (κ1) is 23.1. The van der Waals surface area contributed by atoms with Gasteiger partial charge >= 0.3 is 0 Å². The number of hydrogen-bond acceptors (Lipinski definition) is 3.